The third-order valence-corrected chi connectivity index (χ3v) is 4.56. The minimum atomic E-state index is 0.545. The molecule has 0 saturated heterocycles. The SMILES string of the molecule is N=C(c1ccc(-c2ccccc2)cc1)c1ccccc1-c1ccccc1. The van der Waals surface area contributed by atoms with Gasteiger partial charge in [0, 0.05) is 11.1 Å². The molecule has 0 saturated carbocycles. The van der Waals surface area contributed by atoms with Gasteiger partial charge in [0.15, 0.2) is 0 Å². The first-order valence-electron chi connectivity index (χ1n) is 8.72. The highest BCUT2D eigenvalue weighted by molar-refractivity contribution is 6.14. The monoisotopic (exact) mass is 333 g/mol. The molecule has 0 radical (unpaired) electrons. The molecule has 0 aliphatic heterocycles. The molecule has 1 nitrogen and oxygen atoms in total. The van der Waals surface area contributed by atoms with E-state index in [1.165, 1.54) is 11.1 Å². The van der Waals surface area contributed by atoms with E-state index in [9.17, 15) is 0 Å². The summed E-state index contributed by atoms with van der Waals surface area (Å²) in [6.07, 6.45) is 0. The lowest BCUT2D eigenvalue weighted by atomic mass is 9.92. The average molecular weight is 333 g/mol. The van der Waals surface area contributed by atoms with E-state index in [4.69, 9.17) is 5.41 Å². The van der Waals surface area contributed by atoms with Gasteiger partial charge in [0.2, 0.25) is 0 Å². The molecule has 4 aromatic rings. The normalized spacial score (nSPS) is 10.5. The second-order valence-corrected chi connectivity index (χ2v) is 6.23. The lowest BCUT2D eigenvalue weighted by Gasteiger charge is -2.12. The molecule has 0 amide bonds. The molecule has 0 bridgehead atoms. The zero-order chi connectivity index (χ0) is 17.8. The van der Waals surface area contributed by atoms with E-state index in [2.05, 4.69) is 42.5 Å². The average Bonchev–Trinajstić information content (AvgIpc) is 2.75. The fourth-order valence-electron chi connectivity index (χ4n) is 3.19. The summed E-state index contributed by atoms with van der Waals surface area (Å²) in [4.78, 5) is 0. The van der Waals surface area contributed by atoms with Gasteiger partial charge in [-0.05, 0) is 22.3 Å². The quantitative estimate of drug-likeness (QED) is 0.416. The molecule has 0 fully saturated rings. The van der Waals surface area contributed by atoms with Gasteiger partial charge in [-0.1, -0.05) is 109 Å². The van der Waals surface area contributed by atoms with Crippen LogP contribution in [0.5, 0.6) is 0 Å². The van der Waals surface area contributed by atoms with E-state index in [0.29, 0.717) is 5.71 Å². The molecular weight excluding hydrogens is 314 g/mol. The van der Waals surface area contributed by atoms with Crippen LogP contribution in [0.1, 0.15) is 11.1 Å². The Morgan fingerprint density at radius 3 is 1.62 bits per heavy atom. The van der Waals surface area contributed by atoms with Crippen molar-refractivity contribution in [1.82, 2.24) is 0 Å². The Kier molecular flexibility index (Phi) is 4.44. The molecule has 0 heterocycles. The van der Waals surface area contributed by atoms with Crippen molar-refractivity contribution in [2.24, 2.45) is 0 Å². The van der Waals surface area contributed by atoms with Crippen molar-refractivity contribution < 1.29 is 0 Å². The zero-order valence-corrected chi connectivity index (χ0v) is 14.4. The van der Waals surface area contributed by atoms with Crippen LogP contribution >= 0.6 is 0 Å². The highest BCUT2D eigenvalue weighted by Crippen LogP contribution is 2.26. The van der Waals surface area contributed by atoms with Crippen LogP contribution in [0, 0.1) is 5.41 Å². The van der Waals surface area contributed by atoms with Crippen LogP contribution < -0.4 is 0 Å². The maximum absolute atomic E-state index is 8.74. The summed E-state index contributed by atoms with van der Waals surface area (Å²) in [7, 11) is 0. The van der Waals surface area contributed by atoms with Crippen molar-refractivity contribution in [2.45, 2.75) is 0 Å². The van der Waals surface area contributed by atoms with Crippen molar-refractivity contribution in [2.75, 3.05) is 0 Å². The summed E-state index contributed by atoms with van der Waals surface area (Å²) >= 11 is 0. The number of nitrogens with one attached hydrogen (secondary N) is 1. The van der Waals surface area contributed by atoms with Crippen LogP contribution in [-0.4, -0.2) is 5.71 Å². The summed E-state index contributed by atoms with van der Waals surface area (Å²) in [5.74, 6) is 0. The molecule has 0 unspecified atom stereocenters. The van der Waals surface area contributed by atoms with Gasteiger partial charge in [0.1, 0.15) is 0 Å². The molecular formula is C25H19N. The van der Waals surface area contributed by atoms with Crippen molar-refractivity contribution in [1.29, 1.82) is 5.41 Å². The first-order chi connectivity index (χ1) is 12.8. The molecule has 1 N–H and O–H groups in total. The van der Waals surface area contributed by atoms with Crippen LogP contribution in [0.2, 0.25) is 0 Å². The van der Waals surface area contributed by atoms with Crippen molar-refractivity contribution >= 4 is 5.71 Å². The van der Waals surface area contributed by atoms with Gasteiger partial charge in [-0.3, -0.25) is 5.41 Å². The van der Waals surface area contributed by atoms with Gasteiger partial charge in [0.25, 0.3) is 0 Å². The number of hydrogen-bond acceptors (Lipinski definition) is 1. The Morgan fingerprint density at radius 1 is 0.462 bits per heavy atom. The van der Waals surface area contributed by atoms with Crippen molar-refractivity contribution in [3.63, 3.8) is 0 Å². The van der Waals surface area contributed by atoms with E-state index in [-0.39, 0.29) is 0 Å². The first-order valence-corrected chi connectivity index (χ1v) is 8.72. The lowest BCUT2D eigenvalue weighted by molar-refractivity contribution is 1.45. The van der Waals surface area contributed by atoms with Crippen LogP contribution in [0.3, 0.4) is 0 Å². The molecule has 0 atom stereocenters. The van der Waals surface area contributed by atoms with Gasteiger partial charge in [-0.2, -0.15) is 0 Å². The molecule has 4 rings (SSSR count). The van der Waals surface area contributed by atoms with E-state index in [1.54, 1.807) is 0 Å². The number of hydrogen-bond donors (Lipinski definition) is 1. The van der Waals surface area contributed by atoms with Crippen molar-refractivity contribution in [3.8, 4) is 22.3 Å². The molecule has 0 aliphatic rings. The van der Waals surface area contributed by atoms with Crippen LogP contribution in [0.4, 0.5) is 0 Å². The standard InChI is InChI=1S/C25H19N/c26-25(22-17-15-20(16-18-22)19-9-3-1-4-10-19)24-14-8-7-13-23(24)21-11-5-2-6-12-21/h1-18,26H. The highest BCUT2D eigenvalue weighted by Gasteiger charge is 2.11. The van der Waals surface area contributed by atoms with Gasteiger partial charge >= 0.3 is 0 Å². The van der Waals surface area contributed by atoms with Gasteiger partial charge in [0.05, 0.1) is 5.71 Å². The molecule has 4 aromatic carbocycles. The minimum absolute atomic E-state index is 0.545. The third-order valence-electron chi connectivity index (χ3n) is 4.56. The largest absolute Gasteiger partial charge is 0.300 e. The summed E-state index contributed by atoms with van der Waals surface area (Å²) in [6.45, 7) is 0. The Balaban J connectivity index is 1.69. The van der Waals surface area contributed by atoms with E-state index in [0.717, 1.165) is 22.3 Å². The van der Waals surface area contributed by atoms with Gasteiger partial charge in [-0.25, -0.2) is 0 Å². The molecule has 124 valence electrons. The lowest BCUT2D eigenvalue weighted by Crippen LogP contribution is -2.03. The van der Waals surface area contributed by atoms with Gasteiger partial charge < -0.3 is 0 Å². The second kappa shape index (κ2) is 7.20. The maximum Gasteiger partial charge on any atom is 0.0690 e. The Hall–Kier alpha value is -3.45. The fraction of sp³-hybridized carbons (Fsp3) is 0. The van der Waals surface area contributed by atoms with Crippen LogP contribution in [-0.2, 0) is 0 Å². The van der Waals surface area contributed by atoms with E-state index < -0.39 is 0 Å². The smallest absolute Gasteiger partial charge is 0.0690 e. The van der Waals surface area contributed by atoms with Crippen molar-refractivity contribution in [3.05, 3.63) is 120 Å². The molecule has 0 spiro atoms. The highest BCUT2D eigenvalue weighted by atomic mass is 14.4. The van der Waals surface area contributed by atoms with Crippen LogP contribution in [0.25, 0.3) is 22.3 Å². The number of rotatable bonds is 4. The topological polar surface area (TPSA) is 23.9 Å². The fourth-order valence-corrected chi connectivity index (χ4v) is 3.19. The van der Waals surface area contributed by atoms with Gasteiger partial charge in [-0.15, -0.1) is 0 Å². The maximum atomic E-state index is 8.74. The summed E-state index contributed by atoms with van der Waals surface area (Å²) in [5, 5.41) is 8.74. The Morgan fingerprint density at radius 2 is 0.962 bits per heavy atom. The second-order valence-electron chi connectivity index (χ2n) is 6.23. The predicted octanol–water partition coefficient (Wildman–Crippen LogP) is 6.44. The van der Waals surface area contributed by atoms with E-state index >= 15 is 0 Å². The van der Waals surface area contributed by atoms with Crippen LogP contribution in [0.15, 0.2) is 109 Å². The predicted molar refractivity (Wildman–Crippen MR) is 110 cm³/mol. The third kappa shape index (κ3) is 3.20. The number of benzene rings is 4. The van der Waals surface area contributed by atoms with E-state index in [1.807, 2.05) is 66.7 Å². The minimum Gasteiger partial charge on any atom is -0.300 e. The molecule has 0 aromatic heterocycles. The molecule has 26 heavy (non-hydrogen) atoms. The summed E-state index contributed by atoms with van der Waals surface area (Å²) < 4.78 is 0. The Bertz CT molecular complexity index is 1020. The Labute approximate surface area is 154 Å². The first kappa shape index (κ1) is 16.0. The summed E-state index contributed by atoms with van der Waals surface area (Å²) in [6, 6.07) is 36.9. The molecule has 1 heteroatoms. The molecule has 0 aliphatic carbocycles. The summed E-state index contributed by atoms with van der Waals surface area (Å²) in [5.41, 5.74) is 7.00. The zero-order valence-electron chi connectivity index (χ0n) is 14.4.